The van der Waals surface area contributed by atoms with E-state index in [9.17, 15) is 0 Å². The lowest BCUT2D eigenvalue weighted by molar-refractivity contribution is 0.917. The molecule has 0 bridgehead atoms. The molecule has 0 unspecified atom stereocenters. The van der Waals surface area contributed by atoms with E-state index in [1.807, 2.05) is 48.2 Å². The molecule has 3 aromatic heterocycles. The quantitative estimate of drug-likeness (QED) is 0.773. The van der Waals surface area contributed by atoms with Gasteiger partial charge in [-0.2, -0.15) is 5.10 Å². The first kappa shape index (κ1) is 11.6. The second-order valence-electron chi connectivity index (χ2n) is 4.42. The number of hydrogen-bond acceptors (Lipinski definition) is 4. The van der Waals surface area contributed by atoms with E-state index >= 15 is 0 Å². The van der Waals surface area contributed by atoms with Crippen LogP contribution in [0.1, 0.15) is 11.3 Å². The van der Waals surface area contributed by atoms with Gasteiger partial charge in [-0.3, -0.25) is 4.98 Å². The minimum Gasteiger partial charge on any atom is -0.368 e. The molecular formula is C14H15N5. The minimum atomic E-state index is 0.834. The zero-order chi connectivity index (χ0) is 13.1. The van der Waals surface area contributed by atoms with E-state index in [0.29, 0.717) is 0 Å². The lowest BCUT2D eigenvalue weighted by Crippen LogP contribution is -2.07. The van der Waals surface area contributed by atoms with Crippen LogP contribution < -0.4 is 5.32 Å². The molecule has 0 saturated heterocycles. The molecule has 5 heteroatoms. The van der Waals surface area contributed by atoms with Crippen molar-refractivity contribution in [2.24, 2.45) is 0 Å². The van der Waals surface area contributed by atoms with Crippen molar-refractivity contribution in [3.05, 3.63) is 54.2 Å². The molecule has 3 rings (SSSR count). The monoisotopic (exact) mass is 253 g/mol. The number of hydrogen-bond donors (Lipinski definition) is 1. The Hall–Kier alpha value is -2.43. The molecular weight excluding hydrogens is 238 g/mol. The minimum absolute atomic E-state index is 0.834. The van der Waals surface area contributed by atoms with Gasteiger partial charge < -0.3 is 5.32 Å². The third-order valence-corrected chi connectivity index (χ3v) is 2.97. The molecule has 0 saturated carbocycles. The number of aryl methyl sites for hydroxylation is 1. The number of nitrogens with zero attached hydrogens (tertiary/aromatic N) is 4. The molecule has 0 atom stereocenters. The summed E-state index contributed by atoms with van der Waals surface area (Å²) in [6, 6.07) is 6.08. The Morgan fingerprint density at radius 3 is 2.89 bits per heavy atom. The molecule has 0 aliphatic rings. The maximum Gasteiger partial charge on any atom is 0.152 e. The van der Waals surface area contributed by atoms with Crippen molar-refractivity contribution >= 4 is 11.3 Å². The van der Waals surface area contributed by atoms with Crippen LogP contribution in [0, 0.1) is 6.92 Å². The highest BCUT2D eigenvalue weighted by molar-refractivity contribution is 5.67. The number of anilines is 1. The fourth-order valence-electron chi connectivity index (χ4n) is 2.06. The first-order valence-electron chi connectivity index (χ1n) is 6.27. The second-order valence-corrected chi connectivity index (χ2v) is 4.42. The Labute approximate surface area is 111 Å². The number of rotatable bonds is 4. The third-order valence-electron chi connectivity index (χ3n) is 2.97. The summed E-state index contributed by atoms with van der Waals surface area (Å²) in [4.78, 5) is 8.38. The van der Waals surface area contributed by atoms with E-state index in [0.717, 1.165) is 30.0 Å². The van der Waals surface area contributed by atoms with Crippen molar-refractivity contribution in [1.29, 1.82) is 0 Å². The van der Waals surface area contributed by atoms with Gasteiger partial charge in [0.1, 0.15) is 5.52 Å². The van der Waals surface area contributed by atoms with Gasteiger partial charge >= 0.3 is 0 Å². The largest absolute Gasteiger partial charge is 0.368 e. The standard InChI is InChI=1S/C14H15N5/c1-11-10-13-14(17-8-9-19(13)18-11)16-7-4-12-2-5-15-6-3-12/h2-3,5-6,8-10H,4,7H2,1H3,(H,16,17). The van der Waals surface area contributed by atoms with Gasteiger partial charge in [-0.05, 0) is 37.1 Å². The van der Waals surface area contributed by atoms with Crippen molar-refractivity contribution in [1.82, 2.24) is 19.6 Å². The number of fused-ring (bicyclic) bond motifs is 1. The van der Waals surface area contributed by atoms with Gasteiger partial charge in [0.2, 0.25) is 0 Å². The normalized spacial score (nSPS) is 10.8. The van der Waals surface area contributed by atoms with Crippen molar-refractivity contribution in [3.63, 3.8) is 0 Å². The Balaban J connectivity index is 1.72. The molecule has 0 aliphatic heterocycles. The van der Waals surface area contributed by atoms with E-state index < -0.39 is 0 Å². The van der Waals surface area contributed by atoms with Crippen LogP contribution in [0.4, 0.5) is 5.82 Å². The predicted molar refractivity (Wildman–Crippen MR) is 74.2 cm³/mol. The lowest BCUT2D eigenvalue weighted by Gasteiger charge is -2.06. The third kappa shape index (κ3) is 2.54. The second kappa shape index (κ2) is 5.06. The summed E-state index contributed by atoms with van der Waals surface area (Å²) in [7, 11) is 0. The number of aromatic nitrogens is 4. The van der Waals surface area contributed by atoms with E-state index in [4.69, 9.17) is 0 Å². The average Bonchev–Trinajstić information content (AvgIpc) is 2.81. The van der Waals surface area contributed by atoms with Crippen LogP contribution in [-0.4, -0.2) is 26.1 Å². The van der Waals surface area contributed by atoms with E-state index in [1.54, 1.807) is 6.20 Å². The fraction of sp³-hybridized carbons (Fsp3) is 0.214. The average molecular weight is 253 g/mol. The smallest absolute Gasteiger partial charge is 0.152 e. The maximum absolute atomic E-state index is 4.37. The molecule has 1 N–H and O–H groups in total. The van der Waals surface area contributed by atoms with Crippen LogP contribution in [0.25, 0.3) is 5.52 Å². The van der Waals surface area contributed by atoms with E-state index in [2.05, 4.69) is 20.4 Å². The molecule has 0 amide bonds. The van der Waals surface area contributed by atoms with E-state index in [-0.39, 0.29) is 0 Å². The summed E-state index contributed by atoms with van der Waals surface area (Å²) in [6.45, 7) is 2.81. The number of nitrogens with one attached hydrogen (secondary N) is 1. The summed E-state index contributed by atoms with van der Waals surface area (Å²) in [6.07, 6.45) is 8.19. The van der Waals surface area contributed by atoms with Gasteiger partial charge in [0.25, 0.3) is 0 Å². The van der Waals surface area contributed by atoms with Crippen LogP contribution in [0.5, 0.6) is 0 Å². The van der Waals surface area contributed by atoms with Crippen LogP contribution in [0.15, 0.2) is 43.0 Å². The topological polar surface area (TPSA) is 55.1 Å². The maximum atomic E-state index is 4.37. The van der Waals surface area contributed by atoms with Gasteiger partial charge in [0, 0.05) is 31.3 Å². The lowest BCUT2D eigenvalue weighted by atomic mass is 10.2. The van der Waals surface area contributed by atoms with Crippen molar-refractivity contribution in [2.75, 3.05) is 11.9 Å². The Bertz CT molecular complexity index is 675. The number of pyridine rings is 1. The molecule has 3 aromatic rings. The molecule has 0 aromatic carbocycles. The molecule has 0 aliphatic carbocycles. The molecule has 0 radical (unpaired) electrons. The van der Waals surface area contributed by atoms with Crippen molar-refractivity contribution < 1.29 is 0 Å². The molecule has 5 nitrogen and oxygen atoms in total. The molecule has 3 heterocycles. The summed E-state index contributed by atoms with van der Waals surface area (Å²) >= 11 is 0. The van der Waals surface area contributed by atoms with Crippen molar-refractivity contribution in [2.45, 2.75) is 13.3 Å². The van der Waals surface area contributed by atoms with Crippen LogP contribution in [0.2, 0.25) is 0 Å². The molecule has 96 valence electrons. The van der Waals surface area contributed by atoms with Crippen molar-refractivity contribution in [3.8, 4) is 0 Å². The molecule has 0 fully saturated rings. The van der Waals surface area contributed by atoms with Gasteiger partial charge in [-0.25, -0.2) is 9.50 Å². The van der Waals surface area contributed by atoms with Crippen LogP contribution in [0.3, 0.4) is 0 Å². The van der Waals surface area contributed by atoms with Gasteiger partial charge in [0.05, 0.1) is 5.69 Å². The summed E-state index contributed by atoms with van der Waals surface area (Å²) in [5.74, 6) is 0.872. The highest BCUT2D eigenvalue weighted by Crippen LogP contribution is 2.14. The van der Waals surface area contributed by atoms with E-state index in [1.165, 1.54) is 5.56 Å². The zero-order valence-electron chi connectivity index (χ0n) is 10.7. The van der Waals surface area contributed by atoms with Crippen LogP contribution >= 0.6 is 0 Å². The van der Waals surface area contributed by atoms with Gasteiger partial charge in [0.15, 0.2) is 5.82 Å². The molecule has 19 heavy (non-hydrogen) atoms. The summed E-state index contributed by atoms with van der Waals surface area (Å²) < 4.78 is 1.84. The Morgan fingerprint density at radius 2 is 2.05 bits per heavy atom. The van der Waals surface area contributed by atoms with Gasteiger partial charge in [-0.1, -0.05) is 0 Å². The van der Waals surface area contributed by atoms with Crippen LogP contribution in [-0.2, 0) is 6.42 Å². The first-order valence-corrected chi connectivity index (χ1v) is 6.27. The molecule has 0 spiro atoms. The highest BCUT2D eigenvalue weighted by atomic mass is 15.2. The fourth-order valence-corrected chi connectivity index (χ4v) is 2.06. The Kier molecular flexibility index (Phi) is 3.10. The first-order chi connectivity index (χ1) is 9.33. The van der Waals surface area contributed by atoms with Gasteiger partial charge in [-0.15, -0.1) is 0 Å². The highest BCUT2D eigenvalue weighted by Gasteiger charge is 2.04. The predicted octanol–water partition coefficient (Wildman–Crippen LogP) is 2.09. The SMILES string of the molecule is Cc1cc2c(NCCc3ccncc3)nccn2n1. The summed E-state index contributed by atoms with van der Waals surface area (Å²) in [5.41, 5.74) is 3.26. The Morgan fingerprint density at radius 1 is 1.21 bits per heavy atom. The zero-order valence-corrected chi connectivity index (χ0v) is 10.7. The summed E-state index contributed by atoms with van der Waals surface area (Å²) in [5, 5.41) is 7.73.